The molecule has 9 nitrogen and oxygen atoms in total. The number of fused-ring (bicyclic) bond motifs is 2. The molecule has 2 aromatic carbocycles. The number of hydrogen-bond donors (Lipinski definition) is 3. The molecule has 1 heterocycles. The Morgan fingerprint density at radius 2 is 1.59 bits per heavy atom. The number of benzene rings is 2. The van der Waals surface area contributed by atoms with E-state index >= 15 is 0 Å². The van der Waals surface area contributed by atoms with Gasteiger partial charge in [-0.05, 0) is 18.2 Å². The Morgan fingerprint density at radius 3 is 2.28 bits per heavy atom. The van der Waals surface area contributed by atoms with Crippen LogP contribution < -0.4 is 16.6 Å². The van der Waals surface area contributed by atoms with Gasteiger partial charge in [-0.25, -0.2) is 9.89 Å². The number of aromatic nitrogens is 3. The van der Waals surface area contributed by atoms with Crippen LogP contribution in [0.2, 0.25) is 0 Å². The van der Waals surface area contributed by atoms with Crippen molar-refractivity contribution in [1.29, 1.82) is 0 Å². The van der Waals surface area contributed by atoms with E-state index in [0.29, 0.717) is 16.8 Å². The highest BCUT2D eigenvalue weighted by molar-refractivity contribution is 7.99. The molecule has 1 amide bonds. The van der Waals surface area contributed by atoms with Crippen LogP contribution in [0.25, 0.3) is 0 Å². The molecule has 0 unspecified atom stereocenters. The molecule has 4 rings (SSSR count). The summed E-state index contributed by atoms with van der Waals surface area (Å²) in [5.41, 5.74) is 0.104. The second-order valence-electron chi connectivity index (χ2n) is 6.11. The number of carbonyl (C=O) groups excluding carboxylic acids is 3. The second kappa shape index (κ2) is 7.32. The Bertz CT molecular complexity index is 1290. The van der Waals surface area contributed by atoms with Crippen molar-refractivity contribution in [1.82, 2.24) is 15.2 Å². The van der Waals surface area contributed by atoms with E-state index in [2.05, 4.69) is 15.5 Å². The predicted octanol–water partition coefficient (Wildman–Crippen LogP) is 0.964. The van der Waals surface area contributed by atoms with Gasteiger partial charge in [-0.3, -0.25) is 24.2 Å². The SMILES string of the molecule is O=C(CSc1n[nH]c(=O)[nH]c1=O)Nc1ccc2c(c1)C(=O)c1ccccc1C2=O. The fourth-order valence-electron chi connectivity index (χ4n) is 2.94. The van der Waals surface area contributed by atoms with Crippen molar-refractivity contribution in [3.63, 3.8) is 0 Å². The lowest BCUT2D eigenvalue weighted by atomic mass is 9.84. The molecule has 0 saturated carbocycles. The zero-order chi connectivity index (χ0) is 20.5. The maximum absolute atomic E-state index is 12.7. The third-order valence-corrected chi connectivity index (χ3v) is 5.19. The minimum Gasteiger partial charge on any atom is -0.325 e. The molecule has 10 heteroatoms. The molecular formula is C19H12N4O5S. The van der Waals surface area contributed by atoms with E-state index in [0.717, 1.165) is 11.8 Å². The summed E-state index contributed by atoms with van der Waals surface area (Å²) in [4.78, 5) is 62.0. The third-order valence-electron chi connectivity index (χ3n) is 4.23. The molecule has 0 saturated heterocycles. The number of anilines is 1. The van der Waals surface area contributed by atoms with Crippen LogP contribution in [0, 0.1) is 0 Å². The first-order valence-electron chi connectivity index (χ1n) is 8.38. The van der Waals surface area contributed by atoms with Crippen molar-refractivity contribution in [3.05, 3.63) is 85.6 Å². The molecule has 1 aliphatic rings. The molecule has 144 valence electrons. The highest BCUT2D eigenvalue weighted by Crippen LogP contribution is 2.29. The lowest BCUT2D eigenvalue weighted by Crippen LogP contribution is -2.26. The minimum atomic E-state index is -0.737. The molecule has 0 radical (unpaired) electrons. The molecule has 0 aliphatic heterocycles. The minimum absolute atomic E-state index is 0.0532. The Morgan fingerprint density at radius 1 is 0.931 bits per heavy atom. The van der Waals surface area contributed by atoms with Crippen LogP contribution in [0.15, 0.2) is 57.1 Å². The molecule has 0 atom stereocenters. The van der Waals surface area contributed by atoms with Crippen LogP contribution in [0.1, 0.15) is 31.8 Å². The van der Waals surface area contributed by atoms with Crippen molar-refractivity contribution in [2.45, 2.75) is 5.03 Å². The molecule has 29 heavy (non-hydrogen) atoms. The van der Waals surface area contributed by atoms with Crippen molar-refractivity contribution < 1.29 is 14.4 Å². The molecule has 3 aromatic rings. The van der Waals surface area contributed by atoms with Gasteiger partial charge in [-0.2, -0.15) is 5.10 Å². The molecule has 0 spiro atoms. The van der Waals surface area contributed by atoms with E-state index < -0.39 is 17.2 Å². The summed E-state index contributed by atoms with van der Waals surface area (Å²) in [6.07, 6.45) is 0. The van der Waals surface area contributed by atoms with Gasteiger partial charge in [0.2, 0.25) is 5.91 Å². The molecule has 0 bridgehead atoms. The summed E-state index contributed by atoms with van der Waals surface area (Å²) in [5, 5.41) is 8.22. The fourth-order valence-corrected chi connectivity index (χ4v) is 3.58. The maximum atomic E-state index is 12.7. The zero-order valence-electron chi connectivity index (χ0n) is 14.6. The van der Waals surface area contributed by atoms with E-state index in [4.69, 9.17) is 0 Å². The second-order valence-corrected chi connectivity index (χ2v) is 7.08. The number of rotatable bonds is 4. The molecular weight excluding hydrogens is 396 g/mol. The molecule has 1 aliphatic carbocycles. The topological polar surface area (TPSA) is 142 Å². The number of amides is 1. The number of nitrogens with zero attached hydrogens (tertiary/aromatic N) is 1. The smallest absolute Gasteiger partial charge is 0.325 e. The number of nitrogens with one attached hydrogen (secondary N) is 3. The summed E-state index contributed by atoms with van der Waals surface area (Å²) in [5.74, 6) is -1.12. The van der Waals surface area contributed by atoms with Gasteiger partial charge in [0.05, 0.1) is 5.75 Å². The summed E-state index contributed by atoms with van der Waals surface area (Å²) >= 11 is 0.845. The van der Waals surface area contributed by atoms with Crippen molar-refractivity contribution in [2.75, 3.05) is 11.1 Å². The quantitative estimate of drug-likeness (QED) is 0.427. The monoisotopic (exact) mass is 408 g/mol. The number of thioether (sulfide) groups is 1. The van der Waals surface area contributed by atoms with Gasteiger partial charge in [-0.15, -0.1) is 0 Å². The summed E-state index contributed by atoms with van der Waals surface area (Å²) in [6.45, 7) is 0. The number of carbonyl (C=O) groups is 3. The number of hydrogen-bond acceptors (Lipinski definition) is 7. The maximum Gasteiger partial charge on any atom is 0.342 e. The van der Waals surface area contributed by atoms with Crippen LogP contribution in [0.5, 0.6) is 0 Å². The van der Waals surface area contributed by atoms with Crippen LogP contribution >= 0.6 is 11.8 Å². The lowest BCUT2D eigenvalue weighted by molar-refractivity contribution is -0.113. The van der Waals surface area contributed by atoms with Gasteiger partial charge in [0.1, 0.15) is 0 Å². The molecule has 3 N–H and O–H groups in total. The molecule has 1 aromatic heterocycles. The Kier molecular flexibility index (Phi) is 4.69. The first-order chi connectivity index (χ1) is 13.9. The lowest BCUT2D eigenvalue weighted by Gasteiger charge is -2.18. The molecule has 0 fully saturated rings. The highest BCUT2D eigenvalue weighted by Gasteiger charge is 2.29. The van der Waals surface area contributed by atoms with Gasteiger partial charge in [0.15, 0.2) is 16.6 Å². The summed E-state index contributed by atoms with van der Waals surface area (Å²) in [7, 11) is 0. The first kappa shape index (κ1) is 18.6. The van der Waals surface area contributed by atoms with Crippen molar-refractivity contribution >= 4 is 34.9 Å². The summed E-state index contributed by atoms with van der Waals surface area (Å²) < 4.78 is 0. The largest absolute Gasteiger partial charge is 0.342 e. The van der Waals surface area contributed by atoms with Gasteiger partial charge < -0.3 is 5.32 Å². The standard InChI is InChI=1S/C19H12N4O5S/c24-14(8-29-18-17(27)21-19(28)23-22-18)20-9-5-6-12-13(7-9)16(26)11-4-2-1-3-10(11)15(12)25/h1-7H,8H2,(H,20,24)(H2,21,23,27,28). The van der Waals surface area contributed by atoms with Crippen LogP contribution in [-0.2, 0) is 4.79 Å². The number of H-pyrrole nitrogens is 2. The average molecular weight is 408 g/mol. The van der Waals surface area contributed by atoms with Gasteiger partial charge in [0.25, 0.3) is 5.56 Å². The zero-order valence-corrected chi connectivity index (χ0v) is 15.5. The van der Waals surface area contributed by atoms with Gasteiger partial charge in [-0.1, -0.05) is 36.0 Å². The van der Waals surface area contributed by atoms with E-state index in [1.54, 1.807) is 24.3 Å². The Balaban J connectivity index is 1.51. The third kappa shape index (κ3) is 3.52. The van der Waals surface area contributed by atoms with Gasteiger partial charge in [0, 0.05) is 27.9 Å². The van der Waals surface area contributed by atoms with Crippen LogP contribution in [-0.4, -0.2) is 38.4 Å². The first-order valence-corrected chi connectivity index (χ1v) is 9.37. The number of ketones is 2. The van der Waals surface area contributed by atoms with Crippen LogP contribution in [0.3, 0.4) is 0 Å². The average Bonchev–Trinajstić information content (AvgIpc) is 2.71. The van der Waals surface area contributed by atoms with Crippen molar-refractivity contribution in [3.8, 4) is 0 Å². The van der Waals surface area contributed by atoms with E-state index in [9.17, 15) is 24.0 Å². The van der Waals surface area contributed by atoms with Crippen molar-refractivity contribution in [2.24, 2.45) is 0 Å². The van der Waals surface area contributed by atoms with Crippen LogP contribution in [0.4, 0.5) is 5.69 Å². The van der Waals surface area contributed by atoms with E-state index in [1.165, 1.54) is 18.2 Å². The van der Waals surface area contributed by atoms with Gasteiger partial charge >= 0.3 is 5.69 Å². The summed E-state index contributed by atoms with van der Waals surface area (Å²) in [6, 6.07) is 11.1. The van der Waals surface area contributed by atoms with E-state index in [1.807, 2.05) is 4.98 Å². The van der Waals surface area contributed by atoms with E-state index in [-0.39, 0.29) is 33.5 Å². The fraction of sp³-hybridized carbons (Fsp3) is 0.0526. The number of aromatic amines is 2. The highest BCUT2D eigenvalue weighted by atomic mass is 32.2. The Hall–Kier alpha value is -3.79. The predicted molar refractivity (Wildman–Crippen MR) is 105 cm³/mol. The normalized spacial score (nSPS) is 12.3. The Labute approximate surface area is 166 Å².